The molecule has 30 heavy (non-hydrogen) atoms. The zero-order valence-electron chi connectivity index (χ0n) is 17.5. The molecule has 2 aromatic carbocycles. The second-order valence-electron chi connectivity index (χ2n) is 8.31. The molecular formula is C24H30F4OSi. The lowest BCUT2D eigenvalue weighted by molar-refractivity contribution is 0.0777. The summed E-state index contributed by atoms with van der Waals surface area (Å²) in [7, 11) is -0.550. The molecule has 2 aromatic rings. The highest BCUT2D eigenvalue weighted by Crippen LogP contribution is 2.36. The Hall–Kier alpha value is -1.82. The van der Waals surface area contributed by atoms with Gasteiger partial charge in [-0.05, 0) is 47.6 Å². The van der Waals surface area contributed by atoms with Crippen LogP contribution >= 0.6 is 0 Å². The van der Waals surface area contributed by atoms with E-state index in [9.17, 15) is 17.6 Å². The van der Waals surface area contributed by atoms with Crippen molar-refractivity contribution in [1.82, 2.24) is 0 Å². The lowest BCUT2D eigenvalue weighted by Crippen LogP contribution is -2.20. The van der Waals surface area contributed by atoms with Gasteiger partial charge in [0.2, 0.25) is 0 Å². The molecule has 1 heterocycles. The van der Waals surface area contributed by atoms with Crippen molar-refractivity contribution < 1.29 is 22.3 Å². The van der Waals surface area contributed by atoms with Gasteiger partial charge in [-0.15, -0.1) is 0 Å². The normalized spacial score (nSPS) is 19.3. The molecule has 3 rings (SSSR count). The Morgan fingerprint density at radius 2 is 1.60 bits per heavy atom. The Bertz CT molecular complexity index is 778. The minimum atomic E-state index is -2.79. The topological polar surface area (TPSA) is 9.23 Å². The van der Waals surface area contributed by atoms with Crippen LogP contribution in [0.4, 0.5) is 17.6 Å². The standard InChI is InChI=1S/C24H30F4OSi/c1-2-3-4-11-30-12-9-19(10-13-30)17-5-7-18(8-6-17)20-14-21(25)24(22(26)15-20)29-16-23(27)28/h5-8,14-15,19,23,30H,2-4,9-13,16H2,1H3/t19-,30-. The van der Waals surface area contributed by atoms with Crippen molar-refractivity contribution in [2.24, 2.45) is 0 Å². The predicted octanol–water partition coefficient (Wildman–Crippen LogP) is 7.57. The van der Waals surface area contributed by atoms with Crippen LogP contribution in [-0.4, -0.2) is 21.8 Å². The predicted molar refractivity (Wildman–Crippen MR) is 116 cm³/mol. The van der Waals surface area contributed by atoms with Gasteiger partial charge in [0.25, 0.3) is 6.43 Å². The van der Waals surface area contributed by atoms with Gasteiger partial charge in [-0.25, -0.2) is 17.6 Å². The quantitative estimate of drug-likeness (QED) is 0.223. The SMILES string of the molecule is CCCCC[Si@H]1CC[C@H](c2ccc(-c3cc(F)c(OCC(F)F)c(F)c3)cc2)CC1. The van der Waals surface area contributed by atoms with Crippen LogP contribution in [0.25, 0.3) is 11.1 Å². The molecule has 1 fully saturated rings. The maximum absolute atomic E-state index is 14.2. The number of alkyl halides is 2. The van der Waals surface area contributed by atoms with Crippen molar-refractivity contribution in [2.45, 2.75) is 69.5 Å². The highest BCUT2D eigenvalue weighted by atomic mass is 28.3. The number of unbranched alkanes of at least 4 members (excludes halogenated alkanes) is 2. The molecule has 6 heteroatoms. The molecule has 0 unspecified atom stereocenters. The lowest BCUT2D eigenvalue weighted by atomic mass is 9.92. The fraction of sp³-hybridized carbons (Fsp3) is 0.500. The van der Waals surface area contributed by atoms with E-state index < -0.39 is 39.2 Å². The molecule has 0 saturated carbocycles. The molecule has 0 spiro atoms. The molecule has 164 valence electrons. The van der Waals surface area contributed by atoms with Crippen LogP contribution < -0.4 is 4.74 Å². The Morgan fingerprint density at radius 1 is 0.967 bits per heavy atom. The van der Waals surface area contributed by atoms with Crippen molar-refractivity contribution in [3.63, 3.8) is 0 Å². The molecule has 0 N–H and O–H groups in total. The van der Waals surface area contributed by atoms with Crippen molar-refractivity contribution >= 4 is 8.80 Å². The number of halogens is 4. The first kappa shape index (κ1) is 22.9. The summed E-state index contributed by atoms with van der Waals surface area (Å²) in [6, 6.07) is 14.4. The summed E-state index contributed by atoms with van der Waals surface area (Å²) in [5.41, 5.74) is 2.35. The van der Waals surface area contributed by atoms with Crippen LogP contribution in [0.2, 0.25) is 18.1 Å². The second-order valence-corrected chi connectivity index (χ2v) is 11.8. The van der Waals surface area contributed by atoms with Gasteiger partial charge in [0, 0.05) is 8.80 Å². The second kappa shape index (κ2) is 11.0. The fourth-order valence-corrected chi connectivity index (χ4v) is 7.91. The van der Waals surface area contributed by atoms with E-state index in [1.807, 2.05) is 12.1 Å². The maximum Gasteiger partial charge on any atom is 0.272 e. The minimum Gasteiger partial charge on any atom is -0.482 e. The van der Waals surface area contributed by atoms with E-state index in [2.05, 4.69) is 23.8 Å². The summed E-state index contributed by atoms with van der Waals surface area (Å²) in [6.07, 6.45) is 3.75. The average molecular weight is 439 g/mol. The third-order valence-electron chi connectivity index (χ3n) is 6.13. The minimum absolute atomic E-state index is 0.369. The molecule has 1 saturated heterocycles. The number of hydrogen-bond acceptors (Lipinski definition) is 1. The number of hydrogen-bond donors (Lipinski definition) is 0. The van der Waals surface area contributed by atoms with E-state index in [0.717, 1.165) is 12.1 Å². The maximum atomic E-state index is 14.2. The first-order valence-electron chi connectivity index (χ1n) is 11.0. The molecular weight excluding hydrogens is 408 g/mol. The van der Waals surface area contributed by atoms with Crippen molar-refractivity contribution in [2.75, 3.05) is 6.61 Å². The Morgan fingerprint density at radius 3 is 2.17 bits per heavy atom. The van der Waals surface area contributed by atoms with E-state index in [0.29, 0.717) is 17.0 Å². The van der Waals surface area contributed by atoms with Crippen LogP contribution in [0.1, 0.15) is 50.5 Å². The average Bonchev–Trinajstić information content (AvgIpc) is 2.74. The highest BCUT2D eigenvalue weighted by Gasteiger charge is 2.23. The van der Waals surface area contributed by atoms with Gasteiger partial charge in [0.05, 0.1) is 0 Å². The van der Waals surface area contributed by atoms with Crippen molar-refractivity contribution in [1.29, 1.82) is 0 Å². The summed E-state index contributed by atoms with van der Waals surface area (Å²) < 4.78 is 57.4. The van der Waals surface area contributed by atoms with Gasteiger partial charge in [-0.3, -0.25) is 0 Å². The molecule has 0 radical (unpaired) electrons. The van der Waals surface area contributed by atoms with Crippen LogP contribution in [0.15, 0.2) is 36.4 Å². The molecule has 0 atom stereocenters. The van der Waals surface area contributed by atoms with E-state index in [1.165, 1.54) is 55.8 Å². The van der Waals surface area contributed by atoms with Crippen molar-refractivity contribution in [3.8, 4) is 16.9 Å². The summed E-state index contributed by atoms with van der Waals surface area (Å²) in [6.45, 7) is 1.21. The first-order valence-corrected chi connectivity index (χ1v) is 13.4. The van der Waals surface area contributed by atoms with Crippen LogP contribution in [0.3, 0.4) is 0 Å². The number of benzene rings is 2. The fourth-order valence-electron chi connectivity index (χ4n) is 4.43. The van der Waals surface area contributed by atoms with E-state index in [-0.39, 0.29) is 0 Å². The smallest absolute Gasteiger partial charge is 0.272 e. The molecule has 0 amide bonds. The lowest BCUT2D eigenvalue weighted by Gasteiger charge is -2.28. The number of ether oxygens (including phenoxy) is 1. The highest BCUT2D eigenvalue weighted by molar-refractivity contribution is 6.59. The van der Waals surface area contributed by atoms with Crippen molar-refractivity contribution in [3.05, 3.63) is 53.6 Å². The largest absolute Gasteiger partial charge is 0.482 e. The molecule has 0 aromatic heterocycles. The third-order valence-corrected chi connectivity index (χ3v) is 9.65. The number of rotatable bonds is 9. The van der Waals surface area contributed by atoms with Gasteiger partial charge in [0.15, 0.2) is 17.4 Å². The van der Waals surface area contributed by atoms with E-state index in [1.54, 1.807) is 0 Å². The Balaban J connectivity index is 1.62. The third kappa shape index (κ3) is 6.09. The molecule has 1 aliphatic rings. The monoisotopic (exact) mass is 438 g/mol. The Kier molecular flexibility index (Phi) is 8.37. The van der Waals surface area contributed by atoms with E-state index in [4.69, 9.17) is 0 Å². The molecule has 0 bridgehead atoms. The summed E-state index contributed by atoms with van der Waals surface area (Å²) in [4.78, 5) is 0. The van der Waals surface area contributed by atoms with Gasteiger partial charge in [-0.2, -0.15) is 0 Å². The van der Waals surface area contributed by atoms with E-state index >= 15 is 0 Å². The molecule has 1 aliphatic heterocycles. The molecule has 0 aliphatic carbocycles. The zero-order chi connectivity index (χ0) is 21.5. The van der Waals surface area contributed by atoms with Gasteiger partial charge >= 0.3 is 0 Å². The zero-order valence-corrected chi connectivity index (χ0v) is 18.6. The summed E-state index contributed by atoms with van der Waals surface area (Å²) in [5.74, 6) is -2.12. The van der Waals surface area contributed by atoms with Crippen LogP contribution in [0.5, 0.6) is 5.75 Å². The van der Waals surface area contributed by atoms with Gasteiger partial charge < -0.3 is 4.74 Å². The Labute approximate surface area is 178 Å². The van der Waals surface area contributed by atoms with Gasteiger partial charge in [0.1, 0.15) is 6.61 Å². The first-order chi connectivity index (χ1) is 14.5. The van der Waals surface area contributed by atoms with Crippen LogP contribution in [-0.2, 0) is 0 Å². The summed E-state index contributed by atoms with van der Waals surface area (Å²) in [5, 5.41) is 0. The van der Waals surface area contributed by atoms with Crippen LogP contribution in [0, 0.1) is 11.6 Å². The summed E-state index contributed by atoms with van der Waals surface area (Å²) >= 11 is 0. The molecule has 1 nitrogen and oxygen atoms in total. The van der Waals surface area contributed by atoms with Gasteiger partial charge in [-0.1, -0.05) is 68.6 Å².